The largest absolute Gasteiger partial charge is 0.469 e. The fourth-order valence-corrected chi connectivity index (χ4v) is 1.07. The van der Waals surface area contributed by atoms with Gasteiger partial charge in [-0.1, -0.05) is 0 Å². The average Bonchev–Trinajstić information content (AvgIpc) is 2.32. The summed E-state index contributed by atoms with van der Waals surface area (Å²) in [5.74, 6) is -1.84. The number of nitrogens with one attached hydrogen (secondary N) is 1. The number of rotatable bonds is 6. The van der Waals surface area contributed by atoms with Crippen molar-refractivity contribution in [2.45, 2.75) is 18.9 Å². The number of ether oxygens (including phenoxy) is 2. The fourth-order valence-electron chi connectivity index (χ4n) is 0.988. The predicted octanol–water partition coefficient (Wildman–Crippen LogP) is -0.164. The van der Waals surface area contributed by atoms with E-state index in [9.17, 15) is 14.4 Å². The lowest BCUT2D eigenvalue weighted by atomic mass is 10.1. The monoisotopic (exact) mass is 251 g/mol. The zero-order valence-electron chi connectivity index (χ0n) is 9.12. The van der Waals surface area contributed by atoms with E-state index in [2.05, 4.69) is 14.8 Å². The molecule has 0 fully saturated rings. The Balaban J connectivity index is 4.26. The molecule has 1 amide bonds. The van der Waals surface area contributed by atoms with E-state index in [-0.39, 0.29) is 18.7 Å². The Bertz CT molecular complexity index is 269. The predicted molar refractivity (Wildman–Crippen MR) is 55.9 cm³/mol. The average molecular weight is 252 g/mol. The molecule has 6 nitrogen and oxygen atoms in total. The van der Waals surface area contributed by atoms with Gasteiger partial charge in [0.2, 0.25) is 5.91 Å². The molecule has 0 aliphatic rings. The lowest BCUT2D eigenvalue weighted by Crippen LogP contribution is -2.42. The molecule has 0 saturated heterocycles. The molecule has 0 rings (SSSR count). The maximum absolute atomic E-state index is 11.2. The maximum Gasteiger partial charge on any atom is 0.328 e. The van der Waals surface area contributed by atoms with Gasteiger partial charge in [0.05, 0.1) is 14.2 Å². The van der Waals surface area contributed by atoms with E-state index in [0.717, 1.165) is 0 Å². The molecule has 7 heteroatoms. The molecule has 0 radical (unpaired) electrons. The van der Waals surface area contributed by atoms with Crippen molar-refractivity contribution < 1.29 is 23.9 Å². The lowest BCUT2D eigenvalue weighted by Gasteiger charge is -2.14. The summed E-state index contributed by atoms with van der Waals surface area (Å²) in [5.41, 5.74) is 0. The first-order chi connectivity index (χ1) is 7.54. The van der Waals surface area contributed by atoms with Crippen LogP contribution in [-0.4, -0.2) is 44.0 Å². The number of esters is 2. The minimum atomic E-state index is -0.879. The van der Waals surface area contributed by atoms with Crippen molar-refractivity contribution in [1.82, 2.24) is 5.32 Å². The maximum atomic E-state index is 11.2. The molecule has 0 aliphatic carbocycles. The first-order valence-electron chi connectivity index (χ1n) is 4.55. The number of alkyl halides is 1. The Labute approximate surface area is 98.2 Å². The highest BCUT2D eigenvalue weighted by atomic mass is 35.5. The smallest absolute Gasteiger partial charge is 0.328 e. The summed E-state index contributed by atoms with van der Waals surface area (Å²) in [6.07, 6.45) is 0.126. The molecule has 0 bridgehead atoms. The van der Waals surface area contributed by atoms with Gasteiger partial charge in [-0.25, -0.2) is 4.79 Å². The zero-order valence-corrected chi connectivity index (χ0v) is 9.87. The van der Waals surface area contributed by atoms with Crippen LogP contribution in [0.25, 0.3) is 0 Å². The molecular weight excluding hydrogens is 238 g/mol. The second-order valence-electron chi connectivity index (χ2n) is 2.89. The Kier molecular flexibility index (Phi) is 7.28. The van der Waals surface area contributed by atoms with Crippen molar-refractivity contribution in [1.29, 1.82) is 0 Å². The third-order valence-corrected chi connectivity index (χ3v) is 2.05. The van der Waals surface area contributed by atoms with E-state index >= 15 is 0 Å². The molecular formula is C9H14ClNO5. The fraction of sp³-hybridized carbons (Fsp3) is 0.667. The summed E-state index contributed by atoms with van der Waals surface area (Å²) in [6, 6.07) is -0.879. The van der Waals surface area contributed by atoms with Gasteiger partial charge in [0.1, 0.15) is 11.9 Å². The summed E-state index contributed by atoms with van der Waals surface area (Å²) in [5, 5.41) is 2.34. The van der Waals surface area contributed by atoms with Crippen LogP contribution in [0.3, 0.4) is 0 Å². The minimum absolute atomic E-state index is 0.0127. The highest BCUT2D eigenvalue weighted by Gasteiger charge is 2.22. The number of carbonyl (C=O) groups is 3. The minimum Gasteiger partial charge on any atom is -0.469 e. The normalized spacial score (nSPS) is 11.4. The van der Waals surface area contributed by atoms with Crippen molar-refractivity contribution in [3.8, 4) is 0 Å². The zero-order chi connectivity index (χ0) is 12.6. The summed E-state index contributed by atoms with van der Waals surface area (Å²) < 4.78 is 8.89. The second-order valence-corrected chi connectivity index (χ2v) is 3.16. The Morgan fingerprint density at radius 3 is 2.31 bits per heavy atom. The Hall–Kier alpha value is -1.30. The molecule has 16 heavy (non-hydrogen) atoms. The molecule has 0 aromatic carbocycles. The van der Waals surface area contributed by atoms with Gasteiger partial charge in [-0.3, -0.25) is 9.59 Å². The van der Waals surface area contributed by atoms with Crippen LogP contribution in [0.15, 0.2) is 0 Å². The SMILES string of the molecule is COC(=O)CC[C@H](NC(=O)CCl)C(=O)OC. The van der Waals surface area contributed by atoms with Crippen molar-refractivity contribution in [3.05, 3.63) is 0 Å². The molecule has 0 aromatic heterocycles. The van der Waals surface area contributed by atoms with Crippen LogP contribution in [-0.2, 0) is 23.9 Å². The summed E-state index contributed by atoms with van der Waals surface area (Å²) >= 11 is 5.28. The molecule has 92 valence electrons. The standard InChI is InChI=1S/C9H14ClNO5/c1-15-8(13)4-3-6(9(14)16-2)11-7(12)5-10/h6H,3-5H2,1-2H3,(H,11,12)/t6-/m0/s1. The van der Waals surface area contributed by atoms with Crippen molar-refractivity contribution in [2.75, 3.05) is 20.1 Å². The molecule has 0 spiro atoms. The van der Waals surface area contributed by atoms with Gasteiger partial charge < -0.3 is 14.8 Å². The third kappa shape index (κ3) is 5.55. The molecule has 1 atom stereocenters. The Morgan fingerprint density at radius 2 is 1.88 bits per heavy atom. The van der Waals surface area contributed by atoms with Crippen molar-refractivity contribution >= 4 is 29.4 Å². The van der Waals surface area contributed by atoms with Crippen LogP contribution in [0.4, 0.5) is 0 Å². The highest BCUT2D eigenvalue weighted by molar-refractivity contribution is 6.27. The van der Waals surface area contributed by atoms with Gasteiger partial charge >= 0.3 is 11.9 Å². The number of hydrogen-bond acceptors (Lipinski definition) is 5. The van der Waals surface area contributed by atoms with Crippen LogP contribution in [0.1, 0.15) is 12.8 Å². The molecule has 0 heterocycles. The number of halogens is 1. The topological polar surface area (TPSA) is 81.7 Å². The quantitative estimate of drug-likeness (QED) is 0.524. The van der Waals surface area contributed by atoms with E-state index in [1.54, 1.807) is 0 Å². The van der Waals surface area contributed by atoms with Gasteiger partial charge in [0.25, 0.3) is 0 Å². The second kappa shape index (κ2) is 7.92. The lowest BCUT2D eigenvalue weighted by molar-refractivity contribution is -0.146. The summed E-state index contributed by atoms with van der Waals surface area (Å²) in [4.78, 5) is 33.1. The molecule has 0 saturated carbocycles. The van der Waals surface area contributed by atoms with Crippen LogP contribution < -0.4 is 5.32 Å². The number of amides is 1. The van der Waals surface area contributed by atoms with Crippen LogP contribution in [0.5, 0.6) is 0 Å². The van der Waals surface area contributed by atoms with Crippen molar-refractivity contribution in [2.24, 2.45) is 0 Å². The van der Waals surface area contributed by atoms with E-state index in [4.69, 9.17) is 11.6 Å². The first-order valence-corrected chi connectivity index (χ1v) is 5.08. The molecule has 0 aromatic rings. The number of methoxy groups -OCH3 is 2. The third-order valence-electron chi connectivity index (χ3n) is 1.81. The summed E-state index contributed by atoms with van der Waals surface area (Å²) in [7, 11) is 2.44. The molecule has 0 aliphatic heterocycles. The first kappa shape index (κ1) is 14.7. The van der Waals surface area contributed by atoms with E-state index in [1.807, 2.05) is 0 Å². The summed E-state index contributed by atoms with van der Waals surface area (Å²) in [6.45, 7) is 0. The van der Waals surface area contributed by atoms with Gasteiger partial charge in [-0.2, -0.15) is 0 Å². The van der Waals surface area contributed by atoms with Crippen LogP contribution >= 0.6 is 11.6 Å². The van der Waals surface area contributed by atoms with E-state index in [1.165, 1.54) is 14.2 Å². The molecule has 1 N–H and O–H groups in total. The van der Waals surface area contributed by atoms with E-state index < -0.39 is 23.9 Å². The Morgan fingerprint density at radius 1 is 1.25 bits per heavy atom. The number of hydrogen-bond donors (Lipinski definition) is 1. The van der Waals surface area contributed by atoms with Crippen molar-refractivity contribution in [3.63, 3.8) is 0 Å². The van der Waals surface area contributed by atoms with Crippen LogP contribution in [0.2, 0.25) is 0 Å². The van der Waals surface area contributed by atoms with Gasteiger partial charge in [0.15, 0.2) is 0 Å². The van der Waals surface area contributed by atoms with Crippen LogP contribution in [0, 0.1) is 0 Å². The number of carbonyl (C=O) groups excluding carboxylic acids is 3. The highest BCUT2D eigenvalue weighted by Crippen LogP contribution is 2.01. The van der Waals surface area contributed by atoms with Gasteiger partial charge in [-0.05, 0) is 6.42 Å². The molecule has 0 unspecified atom stereocenters. The van der Waals surface area contributed by atoms with Gasteiger partial charge in [0, 0.05) is 6.42 Å². The van der Waals surface area contributed by atoms with E-state index in [0.29, 0.717) is 0 Å². The van der Waals surface area contributed by atoms with Gasteiger partial charge in [-0.15, -0.1) is 11.6 Å².